The zero-order valence-corrected chi connectivity index (χ0v) is 11.5. The average Bonchev–Trinajstić information content (AvgIpc) is 2.66. The van der Waals surface area contributed by atoms with Crippen LogP contribution in [0, 0.1) is 0 Å². The van der Waals surface area contributed by atoms with Gasteiger partial charge in [0, 0.05) is 6.54 Å². The van der Waals surface area contributed by atoms with E-state index >= 15 is 0 Å². The zero-order chi connectivity index (χ0) is 13.7. The van der Waals surface area contributed by atoms with Crippen molar-refractivity contribution in [2.24, 2.45) is 5.73 Å². The van der Waals surface area contributed by atoms with Crippen LogP contribution in [0.15, 0.2) is 24.3 Å². The van der Waals surface area contributed by atoms with E-state index in [1.165, 1.54) is 0 Å². The van der Waals surface area contributed by atoms with Gasteiger partial charge in [0.25, 0.3) is 0 Å². The number of carbonyl (C=O) groups is 1. The molecule has 0 aromatic heterocycles. The number of hydrogen-bond acceptors (Lipinski definition) is 3. The van der Waals surface area contributed by atoms with Gasteiger partial charge in [0.1, 0.15) is 5.75 Å². The summed E-state index contributed by atoms with van der Waals surface area (Å²) < 4.78 is 5.66. The van der Waals surface area contributed by atoms with Crippen molar-refractivity contribution in [2.45, 2.75) is 38.6 Å². The molecule has 1 heterocycles. The molecule has 1 aliphatic heterocycles. The van der Waals surface area contributed by atoms with Crippen molar-refractivity contribution < 1.29 is 9.53 Å². The summed E-state index contributed by atoms with van der Waals surface area (Å²) in [5.74, 6) is 0.780. The minimum Gasteiger partial charge on any atom is -0.491 e. The summed E-state index contributed by atoms with van der Waals surface area (Å²) in [5.41, 5.74) is 6.85. The van der Waals surface area contributed by atoms with Crippen LogP contribution in [0.5, 0.6) is 5.75 Å². The lowest BCUT2D eigenvalue weighted by atomic mass is 10.1. The van der Waals surface area contributed by atoms with Crippen LogP contribution >= 0.6 is 0 Å². The van der Waals surface area contributed by atoms with E-state index in [1.807, 2.05) is 24.3 Å². The van der Waals surface area contributed by atoms with E-state index < -0.39 is 6.04 Å². The van der Waals surface area contributed by atoms with Gasteiger partial charge in [0.2, 0.25) is 5.91 Å². The number of anilines is 1. The number of nitrogens with two attached hydrogens (primary N) is 1. The first-order valence-electron chi connectivity index (χ1n) is 7.03. The van der Waals surface area contributed by atoms with Crippen molar-refractivity contribution in [3.05, 3.63) is 24.3 Å². The predicted molar refractivity (Wildman–Crippen MR) is 76.4 cm³/mol. The number of benzene rings is 1. The summed E-state index contributed by atoms with van der Waals surface area (Å²) in [6.07, 6.45) is 3.62. The van der Waals surface area contributed by atoms with Crippen LogP contribution in [-0.2, 0) is 4.79 Å². The molecule has 104 valence electrons. The summed E-state index contributed by atoms with van der Waals surface area (Å²) in [4.78, 5) is 14.2. The predicted octanol–water partition coefficient (Wildman–Crippen LogP) is 2.32. The van der Waals surface area contributed by atoms with Gasteiger partial charge < -0.3 is 15.4 Å². The van der Waals surface area contributed by atoms with E-state index in [0.717, 1.165) is 37.1 Å². The van der Waals surface area contributed by atoms with Crippen molar-refractivity contribution in [1.29, 1.82) is 0 Å². The summed E-state index contributed by atoms with van der Waals surface area (Å²) in [7, 11) is 0. The lowest BCUT2D eigenvalue weighted by Crippen LogP contribution is -2.44. The summed E-state index contributed by atoms with van der Waals surface area (Å²) >= 11 is 0. The molecule has 0 radical (unpaired) electrons. The monoisotopic (exact) mass is 262 g/mol. The topological polar surface area (TPSA) is 55.6 Å². The maximum Gasteiger partial charge on any atom is 0.244 e. The Morgan fingerprint density at radius 3 is 3.05 bits per heavy atom. The number of para-hydroxylation sites is 2. The molecule has 1 atom stereocenters. The maximum absolute atomic E-state index is 12.5. The molecule has 1 aromatic rings. The van der Waals surface area contributed by atoms with Gasteiger partial charge in [-0.3, -0.25) is 4.79 Å². The first kappa shape index (κ1) is 13.9. The van der Waals surface area contributed by atoms with Crippen molar-refractivity contribution in [3.8, 4) is 5.75 Å². The summed E-state index contributed by atoms with van der Waals surface area (Å²) in [6.45, 7) is 3.42. The van der Waals surface area contributed by atoms with Gasteiger partial charge in [-0.2, -0.15) is 0 Å². The molecule has 2 N–H and O–H groups in total. The molecule has 0 aliphatic carbocycles. The van der Waals surface area contributed by atoms with Gasteiger partial charge in [-0.1, -0.05) is 31.9 Å². The third-order valence-corrected chi connectivity index (χ3v) is 3.39. The zero-order valence-electron chi connectivity index (χ0n) is 11.5. The number of carbonyl (C=O) groups excluding carboxylic acids is 1. The van der Waals surface area contributed by atoms with Crippen molar-refractivity contribution in [1.82, 2.24) is 0 Å². The second-order valence-corrected chi connectivity index (χ2v) is 4.91. The fourth-order valence-electron chi connectivity index (χ4n) is 2.30. The van der Waals surface area contributed by atoms with Gasteiger partial charge in [-0.25, -0.2) is 0 Å². The van der Waals surface area contributed by atoms with Crippen LogP contribution in [0.4, 0.5) is 5.69 Å². The minimum absolute atomic E-state index is 0.00593. The van der Waals surface area contributed by atoms with Crippen LogP contribution in [0.1, 0.15) is 32.6 Å². The van der Waals surface area contributed by atoms with Crippen LogP contribution in [0.25, 0.3) is 0 Å². The first-order valence-corrected chi connectivity index (χ1v) is 7.03. The summed E-state index contributed by atoms with van der Waals surface area (Å²) in [5, 5.41) is 0. The van der Waals surface area contributed by atoms with E-state index in [9.17, 15) is 4.79 Å². The van der Waals surface area contributed by atoms with Crippen molar-refractivity contribution in [2.75, 3.05) is 18.1 Å². The molecule has 1 aromatic carbocycles. The van der Waals surface area contributed by atoms with Gasteiger partial charge in [-0.15, -0.1) is 0 Å². The molecule has 1 aliphatic rings. The Balaban J connectivity index is 2.17. The standard InChI is InChI=1S/C15H22N2O2/c1-2-3-7-12(16)15(18)17-10-6-11-19-14-9-5-4-8-13(14)17/h4-5,8-9,12H,2-3,6-7,10-11,16H2,1H3. The first-order chi connectivity index (χ1) is 9.24. The van der Waals surface area contributed by atoms with E-state index in [-0.39, 0.29) is 5.91 Å². The number of fused-ring (bicyclic) bond motifs is 1. The molecule has 0 saturated heterocycles. The van der Waals surface area contributed by atoms with Gasteiger partial charge >= 0.3 is 0 Å². The van der Waals surface area contributed by atoms with Crippen LogP contribution in [0.3, 0.4) is 0 Å². The number of unbranched alkanes of at least 4 members (excludes halogenated alkanes) is 1. The SMILES string of the molecule is CCCCC(N)C(=O)N1CCCOc2ccccc21. The highest BCUT2D eigenvalue weighted by Gasteiger charge is 2.25. The smallest absolute Gasteiger partial charge is 0.244 e. The fraction of sp³-hybridized carbons (Fsp3) is 0.533. The molecular formula is C15H22N2O2. The number of nitrogens with zero attached hydrogens (tertiary/aromatic N) is 1. The highest BCUT2D eigenvalue weighted by molar-refractivity contribution is 5.98. The Kier molecular flexibility index (Phi) is 4.80. The highest BCUT2D eigenvalue weighted by Crippen LogP contribution is 2.30. The molecule has 0 bridgehead atoms. The molecule has 1 unspecified atom stereocenters. The average molecular weight is 262 g/mol. The second kappa shape index (κ2) is 6.57. The Bertz CT molecular complexity index is 434. The van der Waals surface area contributed by atoms with Gasteiger partial charge in [0.15, 0.2) is 0 Å². The molecule has 0 saturated carbocycles. The quantitative estimate of drug-likeness (QED) is 0.906. The van der Waals surface area contributed by atoms with Crippen LogP contribution in [0.2, 0.25) is 0 Å². The van der Waals surface area contributed by atoms with Gasteiger partial charge in [-0.05, 0) is 25.0 Å². The minimum atomic E-state index is -0.411. The van der Waals surface area contributed by atoms with E-state index in [0.29, 0.717) is 13.2 Å². The molecule has 2 rings (SSSR count). The molecule has 0 spiro atoms. The Morgan fingerprint density at radius 1 is 1.47 bits per heavy atom. The third kappa shape index (κ3) is 3.26. The fourth-order valence-corrected chi connectivity index (χ4v) is 2.30. The molecule has 0 fully saturated rings. The van der Waals surface area contributed by atoms with Crippen LogP contribution in [-0.4, -0.2) is 25.1 Å². The normalized spacial score (nSPS) is 16.2. The molecule has 4 heteroatoms. The molecule has 4 nitrogen and oxygen atoms in total. The Labute approximate surface area is 114 Å². The lowest BCUT2D eigenvalue weighted by molar-refractivity contribution is -0.120. The Hall–Kier alpha value is -1.55. The largest absolute Gasteiger partial charge is 0.491 e. The third-order valence-electron chi connectivity index (χ3n) is 3.39. The lowest BCUT2D eigenvalue weighted by Gasteiger charge is -2.24. The van der Waals surface area contributed by atoms with Crippen LogP contribution < -0.4 is 15.4 Å². The number of amides is 1. The van der Waals surface area contributed by atoms with Crippen molar-refractivity contribution >= 4 is 11.6 Å². The van der Waals surface area contributed by atoms with E-state index in [2.05, 4.69) is 6.92 Å². The summed E-state index contributed by atoms with van der Waals surface area (Å²) in [6, 6.07) is 7.25. The second-order valence-electron chi connectivity index (χ2n) is 4.91. The molecule has 19 heavy (non-hydrogen) atoms. The van der Waals surface area contributed by atoms with Crippen molar-refractivity contribution in [3.63, 3.8) is 0 Å². The molecular weight excluding hydrogens is 240 g/mol. The van der Waals surface area contributed by atoms with Gasteiger partial charge in [0.05, 0.1) is 18.3 Å². The van der Waals surface area contributed by atoms with E-state index in [4.69, 9.17) is 10.5 Å². The number of hydrogen-bond donors (Lipinski definition) is 1. The van der Waals surface area contributed by atoms with E-state index in [1.54, 1.807) is 4.90 Å². The molecule has 1 amide bonds. The number of rotatable bonds is 4. The highest BCUT2D eigenvalue weighted by atomic mass is 16.5. The number of ether oxygens (including phenoxy) is 1. The Morgan fingerprint density at radius 2 is 2.26 bits per heavy atom. The maximum atomic E-state index is 12.5.